The van der Waals surface area contributed by atoms with Gasteiger partial charge in [-0.05, 0) is 31.9 Å². The number of hydrogen-bond acceptors (Lipinski definition) is 4. The van der Waals surface area contributed by atoms with Gasteiger partial charge in [-0.25, -0.2) is 0 Å². The van der Waals surface area contributed by atoms with Crippen molar-refractivity contribution >= 4 is 28.6 Å². The first-order valence-electron chi connectivity index (χ1n) is 9.45. The van der Waals surface area contributed by atoms with Crippen LogP contribution < -0.4 is 10.6 Å². The summed E-state index contributed by atoms with van der Waals surface area (Å²) in [5.41, 5.74) is 1.88. The number of carbonyl (C=O) groups excluding carboxylic acids is 1. The molecule has 0 radical (unpaired) electrons. The monoisotopic (exact) mass is 358 g/mol. The van der Waals surface area contributed by atoms with Crippen molar-refractivity contribution in [3.63, 3.8) is 0 Å². The van der Waals surface area contributed by atoms with Gasteiger partial charge in [-0.1, -0.05) is 37.5 Å². The maximum Gasteiger partial charge on any atom is 0.287 e. The maximum absolute atomic E-state index is 12.8. The summed E-state index contributed by atoms with van der Waals surface area (Å²) in [4.78, 5) is 12.8. The first-order valence-corrected chi connectivity index (χ1v) is 10.5. The van der Waals surface area contributed by atoms with E-state index >= 15 is 0 Å². The number of nitrogens with one attached hydrogen (secondary N) is 2. The molecular formula is C20H26N2O2S. The summed E-state index contributed by atoms with van der Waals surface area (Å²) in [6, 6.07) is 8.22. The average molecular weight is 359 g/mol. The summed E-state index contributed by atoms with van der Waals surface area (Å²) in [6.45, 7) is 1.81. The van der Waals surface area contributed by atoms with Crippen molar-refractivity contribution in [1.82, 2.24) is 10.6 Å². The van der Waals surface area contributed by atoms with Crippen LogP contribution in [0.5, 0.6) is 0 Å². The molecule has 2 fully saturated rings. The molecule has 0 bridgehead atoms. The highest BCUT2D eigenvalue weighted by atomic mass is 32.2. The molecule has 1 atom stereocenters. The average Bonchev–Trinajstić information content (AvgIpc) is 3.28. The van der Waals surface area contributed by atoms with Crippen molar-refractivity contribution in [2.75, 3.05) is 13.1 Å². The standard InChI is InChI=1S/C20H26N2O2S/c23-20(22-14-10-11-21-12-14)19-17(13-25-15-6-2-1-3-7-15)16-8-4-5-9-18(16)24-19/h4-5,8-9,14-15,21H,1-3,6-7,10-13H2,(H,22,23). The Hall–Kier alpha value is -1.46. The van der Waals surface area contributed by atoms with Crippen LogP contribution in [0.15, 0.2) is 28.7 Å². The third-order valence-corrected chi connectivity index (χ3v) is 6.71. The normalized spacial score (nSPS) is 21.7. The Bertz CT molecular complexity index is 730. The lowest BCUT2D eigenvalue weighted by Gasteiger charge is -2.21. The molecule has 134 valence electrons. The van der Waals surface area contributed by atoms with E-state index in [1.165, 1.54) is 32.1 Å². The fourth-order valence-corrected chi connectivity index (χ4v) is 5.24. The van der Waals surface area contributed by atoms with Crippen molar-refractivity contribution in [2.45, 2.75) is 55.6 Å². The zero-order valence-electron chi connectivity index (χ0n) is 14.6. The van der Waals surface area contributed by atoms with Crippen molar-refractivity contribution in [1.29, 1.82) is 0 Å². The van der Waals surface area contributed by atoms with Crippen molar-refractivity contribution in [2.24, 2.45) is 0 Å². The summed E-state index contributed by atoms with van der Waals surface area (Å²) in [7, 11) is 0. The number of furan rings is 1. The Kier molecular flexibility index (Phi) is 5.32. The third kappa shape index (κ3) is 3.87. The molecule has 0 spiro atoms. The molecule has 4 rings (SSSR count). The molecule has 5 heteroatoms. The lowest BCUT2D eigenvalue weighted by atomic mass is 10.0. The minimum Gasteiger partial charge on any atom is -0.451 e. The molecule has 25 heavy (non-hydrogen) atoms. The van der Waals surface area contributed by atoms with Crippen LogP contribution in [0.3, 0.4) is 0 Å². The Morgan fingerprint density at radius 3 is 2.84 bits per heavy atom. The van der Waals surface area contributed by atoms with Crippen LogP contribution in [0, 0.1) is 0 Å². The Labute approximate surface area is 153 Å². The van der Waals surface area contributed by atoms with E-state index in [1.54, 1.807) is 0 Å². The van der Waals surface area contributed by atoms with Crippen LogP contribution in [-0.4, -0.2) is 30.3 Å². The lowest BCUT2D eigenvalue weighted by Crippen LogP contribution is -2.36. The number of carbonyl (C=O) groups is 1. The molecule has 1 aromatic carbocycles. The molecule has 2 aromatic rings. The number of hydrogen-bond donors (Lipinski definition) is 2. The minimum absolute atomic E-state index is 0.0656. The van der Waals surface area contributed by atoms with Gasteiger partial charge in [0.15, 0.2) is 5.76 Å². The summed E-state index contributed by atoms with van der Waals surface area (Å²) < 4.78 is 5.97. The largest absolute Gasteiger partial charge is 0.451 e. The molecule has 1 saturated carbocycles. The highest BCUT2D eigenvalue weighted by molar-refractivity contribution is 7.99. The zero-order valence-corrected chi connectivity index (χ0v) is 15.4. The van der Waals surface area contributed by atoms with Gasteiger partial charge in [0.25, 0.3) is 5.91 Å². The van der Waals surface area contributed by atoms with E-state index in [-0.39, 0.29) is 11.9 Å². The lowest BCUT2D eigenvalue weighted by molar-refractivity contribution is 0.0913. The number of rotatable bonds is 5. The molecule has 2 aliphatic rings. The van der Waals surface area contributed by atoms with Gasteiger partial charge >= 0.3 is 0 Å². The zero-order chi connectivity index (χ0) is 17.1. The quantitative estimate of drug-likeness (QED) is 0.845. The fraction of sp³-hybridized carbons (Fsp3) is 0.550. The van der Waals surface area contributed by atoms with Crippen LogP contribution in [0.2, 0.25) is 0 Å². The SMILES string of the molecule is O=C(NC1CCNC1)c1oc2ccccc2c1CSC1CCCCC1. The van der Waals surface area contributed by atoms with Gasteiger partial charge < -0.3 is 15.1 Å². The van der Waals surface area contributed by atoms with E-state index in [1.807, 2.05) is 30.0 Å². The second-order valence-corrected chi connectivity index (χ2v) is 8.43. The molecule has 2 heterocycles. The van der Waals surface area contributed by atoms with Crippen molar-refractivity contribution < 1.29 is 9.21 Å². The first kappa shape index (κ1) is 17.0. The predicted octanol–water partition coefficient (Wildman–Crippen LogP) is 4.09. The van der Waals surface area contributed by atoms with Crippen molar-refractivity contribution in [3.8, 4) is 0 Å². The summed E-state index contributed by atoms with van der Waals surface area (Å²) in [6.07, 6.45) is 7.63. The van der Waals surface area contributed by atoms with Gasteiger partial charge in [-0.2, -0.15) is 11.8 Å². The number of para-hydroxylation sites is 1. The van der Waals surface area contributed by atoms with Crippen molar-refractivity contribution in [3.05, 3.63) is 35.6 Å². The molecule has 1 saturated heterocycles. The van der Waals surface area contributed by atoms with E-state index < -0.39 is 0 Å². The number of benzene rings is 1. The van der Waals surface area contributed by atoms with Crippen LogP contribution in [0.25, 0.3) is 11.0 Å². The minimum atomic E-state index is -0.0656. The van der Waals surface area contributed by atoms with Crippen LogP contribution in [0.4, 0.5) is 0 Å². The number of amides is 1. The molecule has 1 unspecified atom stereocenters. The second-order valence-electron chi connectivity index (χ2n) is 7.14. The molecule has 1 aromatic heterocycles. The van der Waals surface area contributed by atoms with E-state index in [9.17, 15) is 4.79 Å². The summed E-state index contributed by atoms with van der Waals surface area (Å²) >= 11 is 1.99. The molecule has 4 nitrogen and oxygen atoms in total. The Balaban J connectivity index is 1.55. The maximum atomic E-state index is 12.8. The van der Waals surface area contributed by atoms with Crippen LogP contribution >= 0.6 is 11.8 Å². The molecule has 1 aliphatic carbocycles. The first-order chi connectivity index (χ1) is 12.3. The Morgan fingerprint density at radius 1 is 1.20 bits per heavy atom. The third-order valence-electron chi connectivity index (χ3n) is 5.32. The van der Waals surface area contributed by atoms with Gasteiger partial charge in [0.1, 0.15) is 5.58 Å². The van der Waals surface area contributed by atoms with Crippen LogP contribution in [-0.2, 0) is 5.75 Å². The number of fused-ring (bicyclic) bond motifs is 1. The van der Waals surface area contributed by atoms with E-state index in [2.05, 4.69) is 16.7 Å². The fourth-order valence-electron chi connectivity index (χ4n) is 3.89. The molecule has 1 aliphatic heterocycles. The number of thioether (sulfide) groups is 1. The van der Waals surface area contributed by atoms with Gasteiger partial charge in [0.05, 0.1) is 0 Å². The predicted molar refractivity (Wildman–Crippen MR) is 103 cm³/mol. The summed E-state index contributed by atoms with van der Waals surface area (Å²) in [5.74, 6) is 1.30. The van der Waals surface area contributed by atoms with Gasteiger partial charge in [-0.3, -0.25) is 4.79 Å². The van der Waals surface area contributed by atoms with E-state index in [4.69, 9.17) is 4.42 Å². The Morgan fingerprint density at radius 2 is 2.04 bits per heavy atom. The van der Waals surface area contributed by atoms with Gasteiger partial charge in [-0.15, -0.1) is 0 Å². The van der Waals surface area contributed by atoms with E-state index in [0.717, 1.165) is 47.0 Å². The molecule has 1 amide bonds. The van der Waals surface area contributed by atoms with Crippen LogP contribution in [0.1, 0.15) is 54.6 Å². The van der Waals surface area contributed by atoms with Gasteiger partial charge in [0, 0.05) is 34.5 Å². The van der Waals surface area contributed by atoms with Gasteiger partial charge in [0.2, 0.25) is 0 Å². The highest BCUT2D eigenvalue weighted by Crippen LogP contribution is 2.35. The topological polar surface area (TPSA) is 54.3 Å². The second kappa shape index (κ2) is 7.83. The molecular weight excluding hydrogens is 332 g/mol. The smallest absolute Gasteiger partial charge is 0.287 e. The highest BCUT2D eigenvalue weighted by Gasteiger charge is 2.25. The van der Waals surface area contributed by atoms with E-state index in [0.29, 0.717) is 5.76 Å². The molecule has 2 N–H and O–H groups in total. The summed E-state index contributed by atoms with van der Waals surface area (Å²) in [5, 5.41) is 8.22.